The molecule has 0 bridgehead atoms. The van der Waals surface area contributed by atoms with Crippen LogP contribution in [-0.2, 0) is 0 Å². The normalized spacial score (nSPS) is 14.1. The second-order valence-corrected chi connectivity index (χ2v) is 3.64. The Morgan fingerprint density at radius 3 is 2.65 bits per heavy atom. The Hall–Kier alpha value is -1.43. The molecule has 0 saturated heterocycles. The van der Waals surface area contributed by atoms with Crippen molar-refractivity contribution < 1.29 is 24.9 Å². The number of carbonyl (C=O) groups is 1. The number of aliphatic hydroxyl groups excluding tert-OH is 3. The Morgan fingerprint density at radius 2 is 2.12 bits per heavy atom. The lowest BCUT2D eigenvalue weighted by molar-refractivity contribution is 0.00413. The van der Waals surface area contributed by atoms with E-state index in [0.717, 1.165) is 0 Å². The predicted octanol–water partition coefficient (Wildman–Crippen LogP) is 0.284. The van der Waals surface area contributed by atoms with Crippen LogP contribution in [-0.4, -0.2) is 41.4 Å². The zero-order valence-electron chi connectivity index (χ0n) is 9.54. The molecule has 0 radical (unpaired) electrons. The molecule has 0 saturated carbocycles. The van der Waals surface area contributed by atoms with Crippen molar-refractivity contribution in [2.24, 2.45) is 0 Å². The highest BCUT2D eigenvalue weighted by Crippen LogP contribution is 2.25. The smallest absolute Gasteiger partial charge is 0.153 e. The van der Waals surface area contributed by atoms with Crippen molar-refractivity contribution in [2.75, 3.05) is 13.7 Å². The number of hydrogen-bond acceptors (Lipinski definition) is 5. The maximum absolute atomic E-state index is 10.7. The minimum atomic E-state index is -1.11. The van der Waals surface area contributed by atoms with Crippen molar-refractivity contribution in [1.82, 2.24) is 0 Å². The minimum Gasteiger partial charge on any atom is -0.496 e. The molecule has 0 aliphatic heterocycles. The molecule has 1 aromatic rings. The van der Waals surface area contributed by atoms with E-state index in [-0.39, 0.29) is 13.0 Å². The number of methoxy groups -OCH3 is 1. The van der Waals surface area contributed by atoms with Crippen LogP contribution in [0.25, 0.3) is 0 Å². The van der Waals surface area contributed by atoms with Gasteiger partial charge < -0.3 is 20.1 Å². The molecule has 0 heterocycles. The fourth-order valence-electron chi connectivity index (χ4n) is 1.52. The number of benzene rings is 1. The van der Waals surface area contributed by atoms with Gasteiger partial charge in [-0.3, -0.25) is 4.79 Å². The maximum Gasteiger partial charge on any atom is 0.153 e. The van der Waals surface area contributed by atoms with Gasteiger partial charge in [0.15, 0.2) is 6.29 Å². The van der Waals surface area contributed by atoms with Gasteiger partial charge in [0, 0.05) is 6.61 Å². The molecule has 2 unspecified atom stereocenters. The Kier molecular flexibility index (Phi) is 5.09. The average molecular weight is 240 g/mol. The highest BCUT2D eigenvalue weighted by atomic mass is 16.5. The number of hydrogen-bond donors (Lipinski definition) is 3. The SMILES string of the molecule is COc1cc(C(O)C(O)CCO)ccc1C=O. The zero-order valence-corrected chi connectivity index (χ0v) is 9.54. The molecule has 0 aliphatic carbocycles. The van der Waals surface area contributed by atoms with Crippen LogP contribution in [0.3, 0.4) is 0 Å². The standard InChI is InChI=1S/C12H16O5/c1-17-11-6-8(2-3-9(11)7-14)12(16)10(15)4-5-13/h2-3,6-7,10,12-13,15-16H,4-5H2,1H3. The lowest BCUT2D eigenvalue weighted by Crippen LogP contribution is -2.19. The van der Waals surface area contributed by atoms with Crippen molar-refractivity contribution in [3.05, 3.63) is 29.3 Å². The third-order valence-electron chi connectivity index (χ3n) is 2.52. The number of ether oxygens (including phenoxy) is 1. The summed E-state index contributed by atoms with van der Waals surface area (Å²) in [4.78, 5) is 10.7. The molecule has 1 rings (SSSR count). The van der Waals surface area contributed by atoms with Crippen molar-refractivity contribution >= 4 is 6.29 Å². The molecule has 3 N–H and O–H groups in total. The summed E-state index contributed by atoms with van der Waals surface area (Å²) < 4.78 is 4.99. The van der Waals surface area contributed by atoms with Gasteiger partial charge in [-0.2, -0.15) is 0 Å². The Balaban J connectivity index is 2.94. The molecular weight excluding hydrogens is 224 g/mol. The number of carbonyl (C=O) groups excluding carboxylic acids is 1. The van der Waals surface area contributed by atoms with Crippen LogP contribution in [0.5, 0.6) is 5.75 Å². The summed E-state index contributed by atoms with van der Waals surface area (Å²) >= 11 is 0. The van der Waals surface area contributed by atoms with Gasteiger partial charge in [0.1, 0.15) is 11.9 Å². The van der Waals surface area contributed by atoms with Gasteiger partial charge in [-0.25, -0.2) is 0 Å². The molecule has 17 heavy (non-hydrogen) atoms. The molecule has 0 spiro atoms. The third kappa shape index (κ3) is 3.26. The van der Waals surface area contributed by atoms with Gasteiger partial charge in [0.25, 0.3) is 0 Å². The van der Waals surface area contributed by atoms with E-state index in [4.69, 9.17) is 9.84 Å². The maximum atomic E-state index is 10.7. The molecule has 0 aliphatic rings. The van der Waals surface area contributed by atoms with E-state index >= 15 is 0 Å². The lowest BCUT2D eigenvalue weighted by atomic mass is 10.0. The number of aliphatic hydroxyl groups is 3. The van der Waals surface area contributed by atoms with E-state index in [2.05, 4.69) is 0 Å². The third-order valence-corrected chi connectivity index (χ3v) is 2.52. The molecule has 0 amide bonds. The highest BCUT2D eigenvalue weighted by molar-refractivity contribution is 5.79. The topological polar surface area (TPSA) is 87.0 Å². The molecule has 5 nitrogen and oxygen atoms in total. The Labute approximate surface area is 99.3 Å². The van der Waals surface area contributed by atoms with Crippen LogP contribution in [0.15, 0.2) is 18.2 Å². The summed E-state index contributed by atoms with van der Waals surface area (Å²) in [6.07, 6.45) is -1.43. The van der Waals surface area contributed by atoms with Crippen LogP contribution in [0, 0.1) is 0 Å². The fraction of sp³-hybridized carbons (Fsp3) is 0.417. The average Bonchev–Trinajstić information content (AvgIpc) is 2.37. The number of rotatable bonds is 6. The summed E-state index contributed by atoms with van der Waals surface area (Å²) in [5.74, 6) is 0.341. The fourth-order valence-corrected chi connectivity index (χ4v) is 1.52. The van der Waals surface area contributed by atoms with E-state index in [9.17, 15) is 15.0 Å². The first-order valence-corrected chi connectivity index (χ1v) is 5.24. The minimum absolute atomic E-state index is 0.0823. The molecule has 2 atom stereocenters. The molecule has 0 aromatic heterocycles. The van der Waals surface area contributed by atoms with E-state index in [1.54, 1.807) is 0 Å². The van der Waals surface area contributed by atoms with E-state index in [0.29, 0.717) is 23.2 Å². The van der Waals surface area contributed by atoms with Crippen LogP contribution in [0.1, 0.15) is 28.4 Å². The van der Waals surface area contributed by atoms with Gasteiger partial charge in [0.05, 0.1) is 18.8 Å². The number of aldehydes is 1. The summed E-state index contributed by atoms with van der Waals surface area (Å²) in [6.45, 7) is -0.207. The molecule has 5 heteroatoms. The van der Waals surface area contributed by atoms with Gasteiger partial charge in [0.2, 0.25) is 0 Å². The van der Waals surface area contributed by atoms with Gasteiger partial charge >= 0.3 is 0 Å². The first-order valence-electron chi connectivity index (χ1n) is 5.24. The van der Waals surface area contributed by atoms with Gasteiger partial charge in [-0.15, -0.1) is 0 Å². The van der Waals surface area contributed by atoms with Crippen LogP contribution < -0.4 is 4.74 Å². The van der Waals surface area contributed by atoms with E-state index in [1.807, 2.05) is 0 Å². The summed E-state index contributed by atoms with van der Waals surface area (Å²) in [5.41, 5.74) is 0.813. The van der Waals surface area contributed by atoms with Crippen LogP contribution in [0.4, 0.5) is 0 Å². The van der Waals surface area contributed by atoms with Crippen LogP contribution >= 0.6 is 0 Å². The molecule has 1 aromatic carbocycles. The Morgan fingerprint density at radius 1 is 1.41 bits per heavy atom. The van der Waals surface area contributed by atoms with Crippen molar-refractivity contribution in [3.8, 4) is 5.75 Å². The summed E-state index contributed by atoms with van der Waals surface area (Å²) in [6, 6.07) is 4.54. The second kappa shape index (κ2) is 6.34. The highest BCUT2D eigenvalue weighted by Gasteiger charge is 2.19. The largest absolute Gasteiger partial charge is 0.496 e. The van der Waals surface area contributed by atoms with E-state index in [1.165, 1.54) is 25.3 Å². The van der Waals surface area contributed by atoms with Crippen molar-refractivity contribution in [2.45, 2.75) is 18.6 Å². The van der Waals surface area contributed by atoms with Crippen LogP contribution in [0.2, 0.25) is 0 Å². The van der Waals surface area contributed by atoms with E-state index < -0.39 is 12.2 Å². The monoisotopic (exact) mass is 240 g/mol. The predicted molar refractivity (Wildman–Crippen MR) is 61.1 cm³/mol. The van der Waals surface area contributed by atoms with Crippen molar-refractivity contribution in [1.29, 1.82) is 0 Å². The van der Waals surface area contributed by atoms with Gasteiger partial charge in [-0.05, 0) is 24.1 Å². The molecule has 0 fully saturated rings. The first-order chi connectivity index (χ1) is 8.13. The first kappa shape index (κ1) is 13.6. The van der Waals surface area contributed by atoms with Gasteiger partial charge in [-0.1, -0.05) is 6.07 Å². The molecular formula is C12H16O5. The van der Waals surface area contributed by atoms with Crippen molar-refractivity contribution in [3.63, 3.8) is 0 Å². The summed E-state index contributed by atoms with van der Waals surface area (Å²) in [5, 5.41) is 28.0. The lowest BCUT2D eigenvalue weighted by Gasteiger charge is -2.18. The zero-order chi connectivity index (χ0) is 12.8. The quantitative estimate of drug-likeness (QED) is 0.622. The Bertz CT molecular complexity index is 377. The second-order valence-electron chi connectivity index (χ2n) is 3.64. The molecule has 94 valence electrons. The summed E-state index contributed by atoms with van der Waals surface area (Å²) in [7, 11) is 1.42.